The minimum absolute atomic E-state index is 0.268. The van der Waals surface area contributed by atoms with E-state index in [0.29, 0.717) is 11.4 Å². The number of para-hydroxylation sites is 2. The summed E-state index contributed by atoms with van der Waals surface area (Å²) in [5, 5.41) is 0. The Balaban J connectivity index is 2.44. The predicted octanol–water partition coefficient (Wildman–Crippen LogP) is 2.57. The number of anilines is 1. The van der Waals surface area contributed by atoms with E-state index in [4.69, 9.17) is 5.73 Å². The van der Waals surface area contributed by atoms with Crippen molar-refractivity contribution in [2.24, 2.45) is 0 Å². The van der Waals surface area contributed by atoms with E-state index in [0.717, 1.165) is 6.92 Å². The fourth-order valence-electron chi connectivity index (χ4n) is 1.40. The van der Waals surface area contributed by atoms with Crippen LogP contribution in [0.5, 0.6) is 0 Å². The Bertz CT molecular complexity index is 500. The molecule has 5 heteroatoms. The number of hydrogen-bond acceptors (Lipinski definition) is 2. The third-order valence-corrected chi connectivity index (χ3v) is 2.25. The Morgan fingerprint density at radius 3 is 2.56 bits per heavy atom. The molecule has 0 aliphatic carbocycles. The number of halogens is 2. The summed E-state index contributed by atoms with van der Waals surface area (Å²) in [4.78, 5) is 3.66. The molecule has 0 radical (unpaired) electrons. The highest BCUT2D eigenvalue weighted by Crippen LogP contribution is 2.26. The molecule has 0 saturated carbocycles. The van der Waals surface area contributed by atoms with Crippen molar-refractivity contribution < 1.29 is 8.78 Å². The van der Waals surface area contributed by atoms with Gasteiger partial charge in [0.25, 0.3) is 5.92 Å². The number of rotatable bonds is 2. The maximum atomic E-state index is 13.0. The molecule has 16 heavy (non-hydrogen) atoms. The zero-order valence-corrected chi connectivity index (χ0v) is 8.69. The molecule has 0 spiro atoms. The molecular weight excluding hydrogens is 212 g/mol. The van der Waals surface area contributed by atoms with Crippen LogP contribution in [0.25, 0.3) is 5.69 Å². The van der Waals surface area contributed by atoms with Gasteiger partial charge in [-0.15, -0.1) is 0 Å². The first-order valence-corrected chi connectivity index (χ1v) is 4.75. The van der Waals surface area contributed by atoms with E-state index in [9.17, 15) is 8.78 Å². The summed E-state index contributed by atoms with van der Waals surface area (Å²) >= 11 is 0. The van der Waals surface area contributed by atoms with Crippen LogP contribution in [0.3, 0.4) is 0 Å². The average molecular weight is 223 g/mol. The van der Waals surface area contributed by atoms with Crippen molar-refractivity contribution in [1.29, 1.82) is 0 Å². The minimum atomic E-state index is -2.94. The summed E-state index contributed by atoms with van der Waals surface area (Å²) in [5.74, 6) is -2.94. The molecule has 2 N–H and O–H groups in total. The van der Waals surface area contributed by atoms with Crippen LogP contribution in [0.4, 0.5) is 14.5 Å². The van der Waals surface area contributed by atoms with Gasteiger partial charge in [0.05, 0.1) is 17.7 Å². The minimum Gasteiger partial charge on any atom is -0.397 e. The largest absolute Gasteiger partial charge is 0.397 e. The lowest BCUT2D eigenvalue weighted by atomic mass is 10.2. The van der Waals surface area contributed by atoms with Gasteiger partial charge in [-0.3, -0.25) is 0 Å². The summed E-state index contributed by atoms with van der Waals surface area (Å²) in [6.45, 7) is 0.814. The van der Waals surface area contributed by atoms with Crippen LogP contribution in [0.15, 0.2) is 36.8 Å². The number of hydrogen-bond donors (Lipinski definition) is 1. The molecule has 0 unspecified atom stereocenters. The lowest BCUT2D eigenvalue weighted by molar-refractivity contribution is 0.0131. The summed E-state index contributed by atoms with van der Waals surface area (Å²) in [7, 11) is 0. The monoisotopic (exact) mass is 223 g/mol. The van der Waals surface area contributed by atoms with Crippen LogP contribution in [0.1, 0.15) is 12.6 Å². The van der Waals surface area contributed by atoms with Crippen molar-refractivity contribution >= 4 is 5.69 Å². The molecule has 1 aromatic carbocycles. The van der Waals surface area contributed by atoms with E-state index in [2.05, 4.69) is 4.98 Å². The van der Waals surface area contributed by atoms with Gasteiger partial charge in [-0.1, -0.05) is 12.1 Å². The van der Waals surface area contributed by atoms with Gasteiger partial charge in [0.15, 0.2) is 0 Å². The van der Waals surface area contributed by atoms with E-state index in [1.54, 1.807) is 24.3 Å². The highest BCUT2D eigenvalue weighted by atomic mass is 19.3. The Kier molecular flexibility index (Phi) is 2.38. The number of nitrogen functional groups attached to an aromatic ring is 1. The molecule has 0 aliphatic rings. The van der Waals surface area contributed by atoms with Crippen molar-refractivity contribution in [2.45, 2.75) is 12.8 Å². The molecule has 2 aromatic rings. The molecule has 3 nitrogen and oxygen atoms in total. The number of aromatic nitrogens is 2. The van der Waals surface area contributed by atoms with Gasteiger partial charge in [-0.25, -0.2) is 4.98 Å². The number of alkyl halides is 2. The second-order valence-electron chi connectivity index (χ2n) is 3.61. The number of benzene rings is 1. The Morgan fingerprint density at radius 2 is 2.00 bits per heavy atom. The van der Waals surface area contributed by atoms with Gasteiger partial charge in [0.1, 0.15) is 5.69 Å². The van der Waals surface area contributed by atoms with Gasteiger partial charge in [0, 0.05) is 13.1 Å². The molecule has 1 aromatic heterocycles. The van der Waals surface area contributed by atoms with Gasteiger partial charge in [0.2, 0.25) is 0 Å². The first kappa shape index (κ1) is 10.6. The lowest BCUT2D eigenvalue weighted by Gasteiger charge is -2.06. The molecule has 0 aliphatic heterocycles. The molecule has 0 saturated heterocycles. The second-order valence-corrected chi connectivity index (χ2v) is 3.61. The van der Waals surface area contributed by atoms with E-state index < -0.39 is 5.92 Å². The van der Waals surface area contributed by atoms with Crippen LogP contribution in [-0.2, 0) is 5.92 Å². The second kappa shape index (κ2) is 3.59. The molecule has 2 rings (SSSR count). The van der Waals surface area contributed by atoms with Crippen molar-refractivity contribution in [3.8, 4) is 5.69 Å². The first-order chi connectivity index (χ1) is 7.48. The fourth-order valence-corrected chi connectivity index (χ4v) is 1.40. The Morgan fingerprint density at radius 1 is 1.31 bits per heavy atom. The number of nitrogens with two attached hydrogens (primary N) is 1. The number of imidazole rings is 1. The van der Waals surface area contributed by atoms with Gasteiger partial charge < -0.3 is 10.3 Å². The van der Waals surface area contributed by atoms with Gasteiger partial charge in [-0.2, -0.15) is 8.78 Å². The first-order valence-electron chi connectivity index (χ1n) is 4.75. The van der Waals surface area contributed by atoms with Gasteiger partial charge >= 0.3 is 0 Å². The zero-order valence-electron chi connectivity index (χ0n) is 8.69. The average Bonchev–Trinajstić information content (AvgIpc) is 2.66. The summed E-state index contributed by atoms with van der Waals surface area (Å²) in [6.07, 6.45) is 2.62. The maximum Gasteiger partial charge on any atom is 0.288 e. The van der Waals surface area contributed by atoms with E-state index in [1.807, 2.05) is 0 Å². The Labute approximate surface area is 91.5 Å². The zero-order chi connectivity index (χ0) is 11.8. The highest BCUT2D eigenvalue weighted by Gasteiger charge is 2.27. The van der Waals surface area contributed by atoms with Crippen molar-refractivity contribution in [1.82, 2.24) is 9.55 Å². The summed E-state index contributed by atoms with van der Waals surface area (Å²) < 4.78 is 27.4. The van der Waals surface area contributed by atoms with E-state index in [1.165, 1.54) is 17.1 Å². The Hall–Kier alpha value is -1.91. The van der Waals surface area contributed by atoms with Crippen LogP contribution >= 0.6 is 0 Å². The van der Waals surface area contributed by atoms with Crippen LogP contribution in [0, 0.1) is 0 Å². The lowest BCUT2D eigenvalue weighted by Crippen LogP contribution is -2.07. The van der Waals surface area contributed by atoms with Crippen LogP contribution in [0.2, 0.25) is 0 Å². The van der Waals surface area contributed by atoms with E-state index in [-0.39, 0.29) is 5.69 Å². The normalized spacial score (nSPS) is 11.7. The molecule has 1 heterocycles. The fraction of sp³-hybridized carbons (Fsp3) is 0.182. The third kappa shape index (κ3) is 1.88. The third-order valence-electron chi connectivity index (χ3n) is 2.25. The van der Waals surface area contributed by atoms with Crippen molar-refractivity contribution in [3.05, 3.63) is 42.5 Å². The summed E-state index contributed by atoms with van der Waals surface area (Å²) in [5.41, 5.74) is 6.63. The van der Waals surface area contributed by atoms with Gasteiger partial charge in [-0.05, 0) is 12.1 Å². The molecule has 0 atom stereocenters. The molecule has 0 bridgehead atoms. The summed E-state index contributed by atoms with van der Waals surface area (Å²) in [6, 6.07) is 7.02. The topological polar surface area (TPSA) is 43.8 Å². The standard InChI is InChI=1S/C11H11F2N3/c1-11(12,13)10-6-16(7-15-10)9-5-3-2-4-8(9)14/h2-7H,14H2,1H3. The molecular formula is C11H11F2N3. The SMILES string of the molecule is CC(F)(F)c1cn(-c2ccccc2N)cn1. The van der Waals surface area contributed by atoms with Crippen LogP contribution < -0.4 is 5.73 Å². The smallest absolute Gasteiger partial charge is 0.288 e. The predicted molar refractivity (Wildman–Crippen MR) is 57.5 cm³/mol. The van der Waals surface area contributed by atoms with Crippen molar-refractivity contribution in [2.75, 3.05) is 5.73 Å². The molecule has 84 valence electrons. The molecule has 0 amide bonds. The van der Waals surface area contributed by atoms with E-state index >= 15 is 0 Å². The van der Waals surface area contributed by atoms with Crippen LogP contribution in [-0.4, -0.2) is 9.55 Å². The maximum absolute atomic E-state index is 13.0. The van der Waals surface area contributed by atoms with Crippen molar-refractivity contribution in [3.63, 3.8) is 0 Å². The quantitative estimate of drug-likeness (QED) is 0.795. The highest BCUT2D eigenvalue weighted by molar-refractivity contribution is 5.57. The molecule has 0 fully saturated rings. The number of nitrogens with zero attached hydrogens (tertiary/aromatic N) is 2.